The summed E-state index contributed by atoms with van der Waals surface area (Å²) in [7, 11) is 0. The molecule has 154 valence electrons. The Morgan fingerprint density at radius 1 is 1.06 bits per heavy atom. The first-order valence-electron chi connectivity index (χ1n) is 9.79. The number of pyridine rings is 1. The van der Waals surface area contributed by atoms with Gasteiger partial charge >= 0.3 is 0 Å². The monoisotopic (exact) mass is 427 g/mol. The minimum Gasteiger partial charge on any atom is -0.490 e. The van der Waals surface area contributed by atoms with E-state index in [4.69, 9.17) is 4.74 Å². The largest absolute Gasteiger partial charge is 0.490 e. The van der Waals surface area contributed by atoms with Crippen LogP contribution in [0.5, 0.6) is 5.75 Å². The van der Waals surface area contributed by atoms with Gasteiger partial charge in [-0.3, -0.25) is 9.69 Å². The van der Waals surface area contributed by atoms with Crippen molar-refractivity contribution < 1.29 is 9.53 Å². The molecule has 1 saturated heterocycles. The van der Waals surface area contributed by atoms with Crippen LogP contribution < -0.4 is 9.64 Å². The van der Waals surface area contributed by atoms with Gasteiger partial charge in [-0.25, -0.2) is 9.98 Å². The highest BCUT2D eigenvalue weighted by Gasteiger charge is 2.34. The molecule has 0 aliphatic carbocycles. The van der Waals surface area contributed by atoms with Crippen LogP contribution in [-0.4, -0.2) is 22.7 Å². The molecule has 2 heterocycles. The summed E-state index contributed by atoms with van der Waals surface area (Å²) < 4.78 is 5.52. The first kappa shape index (κ1) is 20.6. The van der Waals surface area contributed by atoms with Gasteiger partial charge in [0.05, 0.1) is 10.6 Å². The Bertz CT molecular complexity index is 1150. The molecule has 0 unspecified atom stereocenters. The van der Waals surface area contributed by atoms with Crippen LogP contribution in [0.2, 0.25) is 0 Å². The van der Waals surface area contributed by atoms with Gasteiger partial charge in [-0.05, 0) is 66.7 Å². The number of hydrogen-bond acceptors (Lipinski definition) is 5. The smallest absolute Gasteiger partial charge is 0.271 e. The Labute approximate surface area is 185 Å². The normalized spacial score (nSPS) is 16.2. The van der Waals surface area contributed by atoms with E-state index >= 15 is 0 Å². The van der Waals surface area contributed by atoms with Crippen LogP contribution >= 0.6 is 11.8 Å². The lowest BCUT2D eigenvalue weighted by molar-refractivity contribution is -0.113. The summed E-state index contributed by atoms with van der Waals surface area (Å²) in [5, 5.41) is 0.575. The van der Waals surface area contributed by atoms with Crippen LogP contribution in [0.1, 0.15) is 11.3 Å². The number of carbonyl (C=O) groups excluding carboxylic acids is 1. The number of aromatic nitrogens is 1. The maximum absolute atomic E-state index is 13.3. The topological polar surface area (TPSA) is 54.8 Å². The zero-order valence-corrected chi connectivity index (χ0v) is 17.9. The quantitative estimate of drug-likeness (QED) is 0.371. The van der Waals surface area contributed by atoms with Crippen molar-refractivity contribution in [3.8, 4) is 5.75 Å². The predicted molar refractivity (Wildman–Crippen MR) is 128 cm³/mol. The van der Waals surface area contributed by atoms with Gasteiger partial charge in [0, 0.05) is 5.69 Å². The zero-order valence-electron chi connectivity index (χ0n) is 17.1. The second kappa shape index (κ2) is 9.45. The molecule has 0 bridgehead atoms. The first-order chi connectivity index (χ1) is 15.1. The number of amides is 1. The lowest BCUT2D eigenvalue weighted by Crippen LogP contribution is -2.28. The molecular weight excluding hydrogens is 406 g/mol. The van der Waals surface area contributed by atoms with E-state index in [1.165, 1.54) is 11.8 Å². The number of ether oxygens (including phenoxy) is 1. The number of hydrogen-bond donors (Lipinski definition) is 0. The molecule has 1 amide bonds. The summed E-state index contributed by atoms with van der Waals surface area (Å²) in [5.74, 6) is 1.21. The van der Waals surface area contributed by atoms with Crippen molar-refractivity contribution in [2.45, 2.75) is 6.92 Å². The van der Waals surface area contributed by atoms with E-state index in [2.05, 4.69) is 16.6 Å². The van der Waals surface area contributed by atoms with Gasteiger partial charge in [0.15, 0.2) is 11.0 Å². The van der Waals surface area contributed by atoms with Crippen molar-refractivity contribution in [2.24, 2.45) is 4.99 Å². The van der Waals surface area contributed by atoms with Crippen molar-refractivity contribution in [1.82, 2.24) is 4.98 Å². The van der Waals surface area contributed by atoms with Gasteiger partial charge in [-0.15, -0.1) is 0 Å². The molecule has 2 aromatic carbocycles. The number of carbonyl (C=O) groups is 1. The molecule has 1 fully saturated rings. The predicted octanol–water partition coefficient (Wildman–Crippen LogP) is 5.76. The molecule has 0 saturated carbocycles. The number of amidine groups is 1. The summed E-state index contributed by atoms with van der Waals surface area (Å²) >= 11 is 1.34. The second-order valence-corrected chi connectivity index (χ2v) is 7.80. The molecule has 3 aromatic rings. The molecule has 1 aromatic heterocycles. The maximum atomic E-state index is 13.3. The Morgan fingerprint density at radius 2 is 1.84 bits per heavy atom. The van der Waals surface area contributed by atoms with Crippen molar-refractivity contribution in [3.63, 3.8) is 0 Å². The van der Waals surface area contributed by atoms with E-state index in [-0.39, 0.29) is 5.91 Å². The van der Waals surface area contributed by atoms with E-state index in [0.717, 1.165) is 22.7 Å². The number of benzene rings is 2. The molecular formula is C25H21N3O2S. The fraction of sp³-hybridized carbons (Fsp3) is 0.0800. The Morgan fingerprint density at radius 3 is 2.55 bits per heavy atom. The maximum Gasteiger partial charge on any atom is 0.271 e. The van der Waals surface area contributed by atoms with Gasteiger partial charge in [0.25, 0.3) is 5.91 Å². The van der Waals surface area contributed by atoms with Crippen molar-refractivity contribution in [3.05, 3.63) is 102 Å². The van der Waals surface area contributed by atoms with Crippen LogP contribution in [0.3, 0.4) is 0 Å². The van der Waals surface area contributed by atoms with Crippen molar-refractivity contribution >= 4 is 40.4 Å². The summed E-state index contributed by atoms with van der Waals surface area (Å²) in [6.45, 7) is 6.02. The molecule has 0 spiro atoms. The highest BCUT2D eigenvalue weighted by molar-refractivity contribution is 8.19. The van der Waals surface area contributed by atoms with Crippen LogP contribution in [-0.2, 0) is 4.79 Å². The molecule has 1 aliphatic rings. The molecule has 31 heavy (non-hydrogen) atoms. The highest BCUT2D eigenvalue weighted by Crippen LogP contribution is 2.37. The van der Waals surface area contributed by atoms with Crippen LogP contribution in [0.15, 0.2) is 95.3 Å². The number of thioether (sulfide) groups is 1. The third kappa shape index (κ3) is 4.92. The summed E-state index contributed by atoms with van der Waals surface area (Å²) in [6, 6.07) is 22.8. The zero-order chi connectivity index (χ0) is 21.6. The van der Waals surface area contributed by atoms with E-state index < -0.39 is 0 Å². The van der Waals surface area contributed by atoms with E-state index in [1.807, 2.05) is 85.8 Å². The molecule has 0 atom stereocenters. The molecule has 0 radical (unpaired) electrons. The summed E-state index contributed by atoms with van der Waals surface area (Å²) in [5.41, 5.74) is 2.55. The van der Waals surface area contributed by atoms with Crippen LogP contribution in [0.4, 0.5) is 11.5 Å². The third-order valence-electron chi connectivity index (χ3n) is 4.45. The van der Waals surface area contributed by atoms with E-state index in [9.17, 15) is 4.79 Å². The number of nitrogens with zero attached hydrogens (tertiary/aromatic N) is 3. The molecule has 6 heteroatoms. The molecule has 5 nitrogen and oxygen atoms in total. The lowest BCUT2D eigenvalue weighted by Gasteiger charge is -2.15. The third-order valence-corrected chi connectivity index (χ3v) is 5.42. The second-order valence-electron chi connectivity index (χ2n) is 6.79. The van der Waals surface area contributed by atoms with Gasteiger partial charge in [0.2, 0.25) is 0 Å². The fourth-order valence-corrected chi connectivity index (χ4v) is 4.00. The summed E-state index contributed by atoms with van der Waals surface area (Å²) in [4.78, 5) is 24.6. The summed E-state index contributed by atoms with van der Waals surface area (Å²) in [6.07, 6.45) is 3.57. The molecule has 0 N–H and O–H groups in total. The van der Waals surface area contributed by atoms with Crippen LogP contribution in [0, 0.1) is 6.92 Å². The Hall–Kier alpha value is -3.64. The van der Waals surface area contributed by atoms with E-state index in [0.29, 0.717) is 22.5 Å². The van der Waals surface area contributed by atoms with Gasteiger partial charge in [0.1, 0.15) is 12.4 Å². The standard InChI is InChI=1S/C25H21N3O2S/c1-3-16-30-21-14-12-19(13-15-21)17-22-24(29)28(20-9-5-4-6-10-20)25(31-22)27-23-11-7-8-18(2)26-23/h3-15,17H,1,16H2,2H3/b22-17-,27-25+. The van der Waals surface area contributed by atoms with Gasteiger partial charge in [-0.2, -0.15) is 0 Å². The van der Waals surface area contributed by atoms with E-state index in [1.54, 1.807) is 11.0 Å². The Balaban J connectivity index is 1.68. The fourth-order valence-electron chi connectivity index (χ4n) is 3.01. The number of anilines is 1. The molecule has 4 rings (SSSR count). The number of para-hydroxylation sites is 1. The Kier molecular flexibility index (Phi) is 6.29. The van der Waals surface area contributed by atoms with Gasteiger partial charge in [-0.1, -0.05) is 49.1 Å². The van der Waals surface area contributed by atoms with Gasteiger partial charge < -0.3 is 4.74 Å². The van der Waals surface area contributed by atoms with Crippen molar-refractivity contribution in [2.75, 3.05) is 11.5 Å². The molecule has 1 aliphatic heterocycles. The lowest BCUT2D eigenvalue weighted by atomic mass is 10.2. The minimum atomic E-state index is -0.116. The van der Waals surface area contributed by atoms with Crippen LogP contribution in [0.25, 0.3) is 6.08 Å². The van der Waals surface area contributed by atoms with Crippen molar-refractivity contribution in [1.29, 1.82) is 0 Å². The number of aliphatic imine (C=N–C) groups is 1. The number of rotatable bonds is 6. The highest BCUT2D eigenvalue weighted by atomic mass is 32.2. The average molecular weight is 428 g/mol. The first-order valence-corrected chi connectivity index (χ1v) is 10.6. The number of aryl methyl sites for hydroxylation is 1. The SMILES string of the molecule is C=CCOc1ccc(/C=C2\S/C(=N/c3cccc(C)n3)N(c3ccccc3)C2=O)cc1. The average Bonchev–Trinajstić information content (AvgIpc) is 3.08. The minimum absolute atomic E-state index is 0.116.